The number of carbonyl (C=O) groups is 5. The molecule has 3 rings (SSSR count). The minimum absolute atomic E-state index is 0.117. The van der Waals surface area contributed by atoms with Crippen LogP contribution in [0.1, 0.15) is 37.3 Å². The quantitative estimate of drug-likeness (QED) is 0.142. The zero-order valence-electron chi connectivity index (χ0n) is 21.9. The highest BCUT2D eigenvalue weighted by molar-refractivity contribution is 5.92. The number of aromatic amines is 1. The first kappa shape index (κ1) is 30.3. The zero-order valence-corrected chi connectivity index (χ0v) is 21.9. The summed E-state index contributed by atoms with van der Waals surface area (Å²) in [4.78, 5) is 90.0. The predicted octanol–water partition coefficient (Wildman–Crippen LogP) is -0.941. The van der Waals surface area contributed by atoms with Gasteiger partial charge in [0.25, 0.3) is 5.56 Å². The molecule has 8 N–H and O–H groups in total. The van der Waals surface area contributed by atoms with E-state index in [1.807, 2.05) is 0 Å². The lowest BCUT2D eigenvalue weighted by atomic mass is 10.0. The van der Waals surface area contributed by atoms with Crippen LogP contribution in [-0.2, 0) is 30.4 Å². The van der Waals surface area contributed by atoms with Crippen molar-refractivity contribution >= 4 is 40.5 Å². The molecule has 14 nitrogen and oxygen atoms in total. The minimum Gasteiger partial charge on any atom is -0.480 e. The Balaban J connectivity index is 1.99. The van der Waals surface area contributed by atoms with Crippen molar-refractivity contribution in [2.45, 2.75) is 50.2 Å². The molecule has 2 aromatic carbocycles. The van der Waals surface area contributed by atoms with Gasteiger partial charge in [-0.05, 0) is 30.5 Å². The van der Waals surface area contributed by atoms with Crippen molar-refractivity contribution in [2.75, 3.05) is 0 Å². The van der Waals surface area contributed by atoms with Crippen LogP contribution in [0.4, 0.5) is 0 Å². The van der Waals surface area contributed by atoms with Crippen LogP contribution in [0.15, 0.2) is 64.2 Å². The number of nitrogens with two attached hydrogens (primary N) is 2. The molecule has 0 spiro atoms. The number of aromatic nitrogens is 2. The number of benzene rings is 2. The number of nitrogens with one attached hydrogen (secondary N) is 3. The van der Waals surface area contributed by atoms with Crippen molar-refractivity contribution < 1.29 is 29.1 Å². The van der Waals surface area contributed by atoms with Gasteiger partial charge in [0.05, 0.1) is 10.9 Å². The van der Waals surface area contributed by atoms with E-state index >= 15 is 0 Å². The first-order chi connectivity index (χ1) is 19.5. The molecule has 0 fully saturated rings. The van der Waals surface area contributed by atoms with Crippen molar-refractivity contribution in [3.8, 4) is 0 Å². The summed E-state index contributed by atoms with van der Waals surface area (Å²) in [5.41, 5.74) is 9.58. The van der Waals surface area contributed by atoms with E-state index in [-0.39, 0.29) is 43.0 Å². The van der Waals surface area contributed by atoms with Crippen LogP contribution in [-0.4, -0.2) is 56.3 Å². The third-order valence-electron chi connectivity index (χ3n) is 6.33. The Bertz CT molecular complexity index is 1570. The fourth-order valence-corrected chi connectivity index (χ4v) is 4.24. The van der Waals surface area contributed by atoms with E-state index in [1.165, 1.54) is 12.1 Å². The lowest BCUT2D eigenvalue weighted by Crippen LogP contribution is -2.54. The topological polar surface area (TPSA) is 237 Å². The number of H-pyrrole nitrogens is 1. The zero-order chi connectivity index (χ0) is 30.1. The number of aliphatic carboxylic acids is 1. The smallest absolute Gasteiger partial charge is 0.329 e. The van der Waals surface area contributed by atoms with Crippen LogP contribution in [0.3, 0.4) is 0 Å². The summed E-state index contributed by atoms with van der Waals surface area (Å²) in [7, 11) is 0. The van der Waals surface area contributed by atoms with Gasteiger partial charge >= 0.3 is 11.7 Å². The summed E-state index contributed by atoms with van der Waals surface area (Å²) in [5, 5.41) is 14.3. The number of carboxylic acids is 1. The Morgan fingerprint density at radius 1 is 0.805 bits per heavy atom. The van der Waals surface area contributed by atoms with E-state index in [0.29, 0.717) is 5.56 Å². The van der Waals surface area contributed by atoms with Crippen LogP contribution in [0.25, 0.3) is 10.9 Å². The van der Waals surface area contributed by atoms with Crippen molar-refractivity contribution in [1.29, 1.82) is 0 Å². The Morgan fingerprint density at radius 3 is 1.98 bits per heavy atom. The van der Waals surface area contributed by atoms with Crippen LogP contribution in [0, 0.1) is 0 Å². The summed E-state index contributed by atoms with van der Waals surface area (Å²) in [6.45, 7) is 0. The molecule has 3 atom stereocenters. The molecule has 1 aromatic heterocycles. The van der Waals surface area contributed by atoms with E-state index in [1.54, 1.807) is 42.5 Å². The molecule has 3 aromatic rings. The highest BCUT2D eigenvalue weighted by Gasteiger charge is 2.31. The number of rotatable bonds is 14. The Hall–Kier alpha value is -5.27. The molecule has 216 valence electrons. The van der Waals surface area contributed by atoms with Gasteiger partial charge in [-0.3, -0.25) is 24.0 Å². The number of primary amides is 2. The lowest BCUT2D eigenvalue weighted by molar-refractivity contribution is -0.142. The van der Waals surface area contributed by atoms with E-state index < -0.39 is 59.0 Å². The second-order valence-electron chi connectivity index (χ2n) is 9.33. The SMILES string of the molecule is NC(=O)CCC(NC(=O)C(CCC(N)=O)NC(=O)C(Cc1ccccc1)n1c(=O)[nH]c2ccccc2c1=O)C(=O)O. The molecule has 0 saturated carbocycles. The lowest BCUT2D eigenvalue weighted by Gasteiger charge is -2.24. The van der Waals surface area contributed by atoms with Gasteiger partial charge in [-0.25, -0.2) is 14.2 Å². The summed E-state index contributed by atoms with van der Waals surface area (Å²) in [5.74, 6) is -4.90. The van der Waals surface area contributed by atoms with Gasteiger partial charge in [0.2, 0.25) is 23.6 Å². The van der Waals surface area contributed by atoms with Gasteiger partial charge in [0.15, 0.2) is 0 Å². The summed E-state index contributed by atoms with van der Waals surface area (Å²) >= 11 is 0. The molecule has 3 unspecified atom stereocenters. The number of fused-ring (bicyclic) bond motifs is 1. The molecule has 14 heteroatoms. The van der Waals surface area contributed by atoms with E-state index in [2.05, 4.69) is 15.6 Å². The standard InChI is InChI=1S/C27H30N6O8/c28-21(34)12-10-18(23(36)31-19(26(39)40)11-13-22(29)35)30-24(37)20(14-15-6-2-1-3-7-15)33-25(38)16-8-4-5-9-17(16)32-27(33)41/h1-9,18-20H,10-14H2,(H2,28,34)(H2,29,35)(H,30,37)(H,31,36)(H,32,41)(H,39,40). The summed E-state index contributed by atoms with van der Waals surface area (Å²) in [6, 6.07) is 10.4. The molecule has 0 saturated heterocycles. The molecule has 4 amide bonds. The third kappa shape index (κ3) is 8.11. The number of carboxylic acid groups (broad SMARTS) is 1. The van der Waals surface area contributed by atoms with E-state index in [0.717, 1.165) is 4.57 Å². The molecule has 0 aliphatic heterocycles. The van der Waals surface area contributed by atoms with Gasteiger partial charge in [0, 0.05) is 19.3 Å². The second kappa shape index (κ2) is 13.7. The molecule has 1 heterocycles. The molecule has 0 aliphatic carbocycles. The largest absolute Gasteiger partial charge is 0.480 e. The molecular formula is C27H30N6O8. The predicted molar refractivity (Wildman–Crippen MR) is 146 cm³/mol. The van der Waals surface area contributed by atoms with Crippen molar-refractivity contribution in [2.24, 2.45) is 11.5 Å². The average molecular weight is 567 g/mol. The Labute approximate surface area is 232 Å². The number of hydrogen-bond donors (Lipinski definition) is 6. The number of amides is 4. The van der Waals surface area contributed by atoms with Crippen molar-refractivity contribution in [3.63, 3.8) is 0 Å². The van der Waals surface area contributed by atoms with Crippen molar-refractivity contribution in [1.82, 2.24) is 20.2 Å². The summed E-state index contributed by atoms with van der Waals surface area (Å²) in [6.07, 6.45) is -1.42. The van der Waals surface area contributed by atoms with Gasteiger partial charge in [-0.15, -0.1) is 0 Å². The first-order valence-electron chi connectivity index (χ1n) is 12.7. The maximum absolute atomic E-state index is 13.7. The Kier molecular flexibility index (Phi) is 10.1. The van der Waals surface area contributed by atoms with E-state index in [4.69, 9.17) is 11.5 Å². The summed E-state index contributed by atoms with van der Waals surface area (Å²) < 4.78 is 0.751. The monoisotopic (exact) mass is 566 g/mol. The maximum Gasteiger partial charge on any atom is 0.329 e. The fourth-order valence-electron chi connectivity index (χ4n) is 4.24. The third-order valence-corrected chi connectivity index (χ3v) is 6.33. The second-order valence-corrected chi connectivity index (χ2v) is 9.33. The fraction of sp³-hybridized carbons (Fsp3) is 0.296. The minimum atomic E-state index is -1.52. The number of nitrogens with zero attached hydrogens (tertiary/aromatic N) is 1. The molecule has 0 bridgehead atoms. The van der Waals surface area contributed by atoms with Gasteiger partial charge < -0.3 is 32.2 Å². The number of carbonyl (C=O) groups excluding carboxylic acids is 4. The van der Waals surface area contributed by atoms with Crippen molar-refractivity contribution in [3.05, 3.63) is 81.0 Å². The normalized spacial score (nSPS) is 13.1. The van der Waals surface area contributed by atoms with Gasteiger partial charge in [0.1, 0.15) is 18.1 Å². The van der Waals surface area contributed by atoms with E-state index in [9.17, 15) is 38.7 Å². The molecular weight excluding hydrogens is 536 g/mol. The molecule has 0 aliphatic rings. The van der Waals surface area contributed by atoms with Crippen LogP contribution >= 0.6 is 0 Å². The van der Waals surface area contributed by atoms with Crippen LogP contribution < -0.4 is 33.3 Å². The Morgan fingerprint density at radius 2 is 1.37 bits per heavy atom. The number of hydrogen-bond acceptors (Lipinski definition) is 7. The van der Waals surface area contributed by atoms with Gasteiger partial charge in [-0.2, -0.15) is 0 Å². The maximum atomic E-state index is 13.7. The molecule has 41 heavy (non-hydrogen) atoms. The number of para-hydroxylation sites is 1. The first-order valence-corrected chi connectivity index (χ1v) is 12.7. The van der Waals surface area contributed by atoms with Crippen LogP contribution in [0.5, 0.6) is 0 Å². The van der Waals surface area contributed by atoms with Crippen LogP contribution in [0.2, 0.25) is 0 Å². The van der Waals surface area contributed by atoms with Gasteiger partial charge in [-0.1, -0.05) is 42.5 Å². The average Bonchev–Trinajstić information content (AvgIpc) is 2.92. The highest BCUT2D eigenvalue weighted by atomic mass is 16.4. The highest BCUT2D eigenvalue weighted by Crippen LogP contribution is 2.15. The molecule has 0 radical (unpaired) electrons.